The van der Waals surface area contributed by atoms with Crippen molar-refractivity contribution in [3.8, 4) is 17.4 Å². The predicted octanol–water partition coefficient (Wildman–Crippen LogP) is 2.68. The molecule has 0 spiro atoms. The Morgan fingerprint density at radius 2 is 1.92 bits per heavy atom. The number of rotatable bonds is 6. The number of hydrogen-bond donors (Lipinski definition) is 0. The maximum absolute atomic E-state index is 5.61. The lowest BCUT2D eigenvalue weighted by atomic mass is 10.2. The maximum Gasteiger partial charge on any atom is 0.273 e. The molecule has 0 radical (unpaired) electrons. The highest BCUT2D eigenvalue weighted by Gasteiger charge is 2.13. The zero-order chi connectivity index (χ0) is 18.7. The van der Waals surface area contributed by atoms with Crippen molar-refractivity contribution in [2.75, 3.05) is 13.7 Å². The lowest BCUT2D eigenvalue weighted by molar-refractivity contribution is 0.311. The van der Waals surface area contributed by atoms with Gasteiger partial charge < -0.3 is 9.47 Å². The molecule has 0 saturated heterocycles. The number of aryl methyl sites for hydroxylation is 3. The zero-order valence-electron chi connectivity index (χ0n) is 15.6. The SMILES string of the molecule is CCOc1cc(C=Nn2c(C)nnc2-n2nc(C)cc2C)ccc1OC. The third-order valence-electron chi connectivity index (χ3n) is 3.79. The van der Waals surface area contributed by atoms with Crippen LogP contribution in [0.2, 0.25) is 0 Å². The number of methoxy groups -OCH3 is 1. The van der Waals surface area contributed by atoms with E-state index in [0.29, 0.717) is 29.9 Å². The second-order valence-electron chi connectivity index (χ2n) is 5.79. The molecule has 2 heterocycles. The minimum absolute atomic E-state index is 0.544. The topological polar surface area (TPSA) is 79.4 Å². The molecule has 0 aliphatic rings. The van der Waals surface area contributed by atoms with E-state index in [4.69, 9.17) is 9.47 Å². The fourth-order valence-corrected chi connectivity index (χ4v) is 2.61. The first-order chi connectivity index (χ1) is 12.5. The van der Waals surface area contributed by atoms with Crippen LogP contribution >= 0.6 is 0 Å². The van der Waals surface area contributed by atoms with Gasteiger partial charge in [-0.15, -0.1) is 10.2 Å². The largest absolute Gasteiger partial charge is 0.493 e. The number of nitrogens with zero attached hydrogens (tertiary/aromatic N) is 6. The van der Waals surface area contributed by atoms with E-state index in [1.54, 1.807) is 22.7 Å². The molecule has 0 fully saturated rings. The lowest BCUT2D eigenvalue weighted by Crippen LogP contribution is -2.08. The van der Waals surface area contributed by atoms with Crippen molar-refractivity contribution in [1.29, 1.82) is 0 Å². The fraction of sp³-hybridized carbons (Fsp3) is 0.333. The van der Waals surface area contributed by atoms with Crippen LogP contribution in [0.25, 0.3) is 5.95 Å². The van der Waals surface area contributed by atoms with E-state index >= 15 is 0 Å². The maximum atomic E-state index is 5.61. The van der Waals surface area contributed by atoms with Crippen molar-refractivity contribution in [3.05, 3.63) is 47.0 Å². The molecule has 0 bridgehead atoms. The van der Waals surface area contributed by atoms with E-state index in [1.165, 1.54) is 0 Å². The third kappa shape index (κ3) is 3.44. The Kier molecular flexibility index (Phi) is 5.01. The Balaban J connectivity index is 1.96. The van der Waals surface area contributed by atoms with Crippen molar-refractivity contribution >= 4 is 6.21 Å². The number of aromatic nitrogens is 5. The summed E-state index contributed by atoms with van der Waals surface area (Å²) in [6.07, 6.45) is 1.73. The minimum Gasteiger partial charge on any atom is -0.493 e. The van der Waals surface area contributed by atoms with Crippen molar-refractivity contribution in [3.63, 3.8) is 0 Å². The summed E-state index contributed by atoms with van der Waals surface area (Å²) in [5.41, 5.74) is 2.76. The van der Waals surface area contributed by atoms with Gasteiger partial charge in [0.2, 0.25) is 0 Å². The van der Waals surface area contributed by atoms with Crippen molar-refractivity contribution < 1.29 is 9.47 Å². The van der Waals surface area contributed by atoms with Gasteiger partial charge in [-0.25, -0.2) is 4.68 Å². The molecule has 3 aromatic rings. The highest BCUT2D eigenvalue weighted by atomic mass is 16.5. The standard InChI is InChI=1S/C18H22N6O2/c1-6-26-17-10-15(7-8-16(17)25-5)11-19-24-14(4)20-21-18(24)23-13(3)9-12(2)22-23/h7-11H,6H2,1-5H3. The molecular weight excluding hydrogens is 332 g/mol. The summed E-state index contributed by atoms with van der Waals surface area (Å²) in [5.74, 6) is 2.58. The van der Waals surface area contributed by atoms with Crippen molar-refractivity contribution in [2.45, 2.75) is 27.7 Å². The molecule has 3 rings (SSSR count). The van der Waals surface area contributed by atoms with Crippen LogP contribution in [0.15, 0.2) is 29.4 Å². The molecule has 0 N–H and O–H groups in total. The average molecular weight is 354 g/mol. The Bertz CT molecular complexity index is 941. The summed E-state index contributed by atoms with van der Waals surface area (Å²) in [6, 6.07) is 7.63. The Labute approximate surface area is 152 Å². The van der Waals surface area contributed by atoms with Crippen molar-refractivity contribution in [2.24, 2.45) is 5.10 Å². The molecule has 8 heteroatoms. The van der Waals surface area contributed by atoms with Crippen LogP contribution < -0.4 is 9.47 Å². The molecule has 2 aromatic heterocycles. The molecule has 0 saturated carbocycles. The van der Waals surface area contributed by atoms with Gasteiger partial charge in [-0.1, -0.05) is 0 Å². The van der Waals surface area contributed by atoms with Crippen LogP contribution in [-0.4, -0.2) is 44.6 Å². The molecular formula is C18H22N6O2. The van der Waals surface area contributed by atoms with Crippen LogP contribution in [0.3, 0.4) is 0 Å². The second kappa shape index (κ2) is 7.38. The summed E-state index contributed by atoms with van der Waals surface area (Å²) in [6.45, 7) is 8.24. The number of hydrogen-bond acceptors (Lipinski definition) is 6. The zero-order valence-corrected chi connectivity index (χ0v) is 15.6. The first-order valence-corrected chi connectivity index (χ1v) is 8.34. The summed E-state index contributed by atoms with van der Waals surface area (Å²) in [5, 5.41) is 17.3. The van der Waals surface area contributed by atoms with E-state index in [0.717, 1.165) is 17.0 Å². The Morgan fingerprint density at radius 1 is 1.12 bits per heavy atom. The van der Waals surface area contributed by atoms with Crippen molar-refractivity contribution in [1.82, 2.24) is 24.7 Å². The van der Waals surface area contributed by atoms with Gasteiger partial charge in [-0.3, -0.25) is 0 Å². The van der Waals surface area contributed by atoms with Gasteiger partial charge in [0.05, 0.1) is 25.6 Å². The molecule has 0 amide bonds. The van der Waals surface area contributed by atoms with Crippen LogP contribution in [0.1, 0.15) is 29.7 Å². The summed E-state index contributed by atoms with van der Waals surface area (Å²) in [4.78, 5) is 0. The predicted molar refractivity (Wildman–Crippen MR) is 98.5 cm³/mol. The van der Waals surface area contributed by atoms with Gasteiger partial charge in [-0.2, -0.15) is 14.9 Å². The highest BCUT2D eigenvalue weighted by Crippen LogP contribution is 2.27. The van der Waals surface area contributed by atoms with E-state index in [-0.39, 0.29) is 0 Å². The smallest absolute Gasteiger partial charge is 0.273 e. The van der Waals surface area contributed by atoms with E-state index in [9.17, 15) is 0 Å². The second-order valence-corrected chi connectivity index (χ2v) is 5.79. The Hall–Kier alpha value is -3.16. The van der Waals surface area contributed by atoms with Crippen LogP contribution in [-0.2, 0) is 0 Å². The monoisotopic (exact) mass is 354 g/mol. The van der Waals surface area contributed by atoms with Crippen LogP contribution in [0, 0.1) is 20.8 Å². The minimum atomic E-state index is 0.544. The van der Waals surface area contributed by atoms with Gasteiger partial charge in [0.25, 0.3) is 5.95 Å². The fourth-order valence-electron chi connectivity index (χ4n) is 2.61. The van der Waals surface area contributed by atoms with E-state index in [2.05, 4.69) is 20.4 Å². The number of benzene rings is 1. The summed E-state index contributed by atoms with van der Waals surface area (Å²) < 4.78 is 14.3. The van der Waals surface area contributed by atoms with Gasteiger partial charge >= 0.3 is 0 Å². The van der Waals surface area contributed by atoms with Gasteiger partial charge in [0.15, 0.2) is 17.3 Å². The highest BCUT2D eigenvalue weighted by molar-refractivity contribution is 5.80. The molecule has 26 heavy (non-hydrogen) atoms. The molecule has 136 valence electrons. The van der Waals surface area contributed by atoms with Gasteiger partial charge in [-0.05, 0) is 57.5 Å². The van der Waals surface area contributed by atoms with E-state index in [1.807, 2.05) is 52.0 Å². The lowest BCUT2D eigenvalue weighted by Gasteiger charge is -2.09. The molecule has 8 nitrogen and oxygen atoms in total. The normalized spacial score (nSPS) is 11.3. The molecule has 1 aromatic carbocycles. The number of ether oxygens (including phenoxy) is 2. The van der Waals surface area contributed by atoms with Crippen LogP contribution in [0.5, 0.6) is 11.5 Å². The summed E-state index contributed by atoms with van der Waals surface area (Å²) in [7, 11) is 1.62. The molecule has 0 aliphatic heterocycles. The summed E-state index contributed by atoms with van der Waals surface area (Å²) >= 11 is 0. The van der Waals surface area contributed by atoms with Gasteiger partial charge in [0.1, 0.15) is 0 Å². The molecule has 0 unspecified atom stereocenters. The molecule has 0 aliphatic carbocycles. The first-order valence-electron chi connectivity index (χ1n) is 8.34. The average Bonchev–Trinajstić information content (AvgIpc) is 3.14. The molecule has 0 atom stereocenters. The van der Waals surface area contributed by atoms with E-state index < -0.39 is 0 Å². The first kappa shape index (κ1) is 17.7. The van der Waals surface area contributed by atoms with Crippen LogP contribution in [0.4, 0.5) is 0 Å². The quantitative estimate of drug-likeness (QED) is 0.636. The Morgan fingerprint density at radius 3 is 2.58 bits per heavy atom. The third-order valence-corrected chi connectivity index (χ3v) is 3.79. The van der Waals surface area contributed by atoms with Gasteiger partial charge in [0, 0.05) is 5.69 Å².